The lowest BCUT2D eigenvalue weighted by Crippen LogP contribution is -1.87. The predicted molar refractivity (Wildman–Crippen MR) is 66.0 cm³/mol. The highest BCUT2D eigenvalue weighted by atomic mass is 16.4. The Morgan fingerprint density at radius 3 is 2.38 bits per heavy atom. The molecule has 0 aliphatic rings. The number of aryl methyl sites for hydroxylation is 1. The first-order valence-corrected chi connectivity index (χ1v) is 5.15. The molecule has 2 aromatic carbocycles. The third-order valence-electron chi connectivity index (χ3n) is 2.52. The molecule has 0 radical (unpaired) electrons. The summed E-state index contributed by atoms with van der Waals surface area (Å²) in [4.78, 5) is 0. The van der Waals surface area contributed by atoms with Crippen molar-refractivity contribution in [3.63, 3.8) is 0 Å². The summed E-state index contributed by atoms with van der Waals surface area (Å²) in [5.41, 5.74) is 4.34. The summed E-state index contributed by atoms with van der Waals surface area (Å²) in [6, 6.07) is 16.1. The Bertz CT molecular complexity index is 500. The lowest BCUT2D eigenvalue weighted by molar-refractivity contribution is 0.322. The zero-order valence-corrected chi connectivity index (χ0v) is 9.09. The SMILES string of the molecule is Cc1ccc(-c2ccccc2/C=N/O)cc1. The van der Waals surface area contributed by atoms with Gasteiger partial charge in [-0.25, -0.2) is 0 Å². The van der Waals surface area contributed by atoms with Crippen LogP contribution in [0.15, 0.2) is 53.7 Å². The smallest absolute Gasteiger partial charge is 0.0740 e. The van der Waals surface area contributed by atoms with Crippen LogP contribution < -0.4 is 0 Å². The molecule has 0 amide bonds. The molecular weight excluding hydrogens is 198 g/mol. The minimum Gasteiger partial charge on any atom is -0.411 e. The minimum atomic E-state index is 0.911. The first-order valence-electron chi connectivity index (χ1n) is 5.15. The fraction of sp³-hybridized carbons (Fsp3) is 0.0714. The van der Waals surface area contributed by atoms with E-state index in [-0.39, 0.29) is 0 Å². The molecule has 2 nitrogen and oxygen atoms in total. The zero-order valence-electron chi connectivity index (χ0n) is 9.09. The van der Waals surface area contributed by atoms with Gasteiger partial charge in [-0.05, 0) is 18.1 Å². The summed E-state index contributed by atoms with van der Waals surface area (Å²) in [5, 5.41) is 11.7. The van der Waals surface area contributed by atoms with E-state index in [4.69, 9.17) is 5.21 Å². The number of hydrogen-bond acceptors (Lipinski definition) is 2. The number of hydrogen-bond donors (Lipinski definition) is 1. The van der Waals surface area contributed by atoms with Crippen molar-refractivity contribution in [2.24, 2.45) is 5.16 Å². The van der Waals surface area contributed by atoms with Crippen LogP contribution in [0.2, 0.25) is 0 Å². The van der Waals surface area contributed by atoms with Crippen molar-refractivity contribution in [1.82, 2.24) is 0 Å². The predicted octanol–water partition coefficient (Wildman–Crippen LogP) is 3.47. The van der Waals surface area contributed by atoms with Crippen LogP contribution in [0.25, 0.3) is 11.1 Å². The number of nitrogens with zero attached hydrogens (tertiary/aromatic N) is 1. The van der Waals surface area contributed by atoms with Gasteiger partial charge in [-0.15, -0.1) is 0 Å². The van der Waals surface area contributed by atoms with Crippen LogP contribution in [-0.4, -0.2) is 11.4 Å². The third-order valence-corrected chi connectivity index (χ3v) is 2.52. The Morgan fingerprint density at radius 2 is 1.69 bits per heavy atom. The van der Waals surface area contributed by atoms with Crippen LogP contribution in [0.1, 0.15) is 11.1 Å². The summed E-state index contributed by atoms with van der Waals surface area (Å²) < 4.78 is 0. The van der Waals surface area contributed by atoms with Crippen molar-refractivity contribution in [2.45, 2.75) is 6.92 Å². The normalized spacial score (nSPS) is 10.8. The van der Waals surface area contributed by atoms with E-state index in [1.54, 1.807) is 0 Å². The molecule has 2 aromatic rings. The van der Waals surface area contributed by atoms with E-state index in [1.807, 2.05) is 24.3 Å². The van der Waals surface area contributed by atoms with Gasteiger partial charge in [-0.2, -0.15) is 0 Å². The van der Waals surface area contributed by atoms with Gasteiger partial charge >= 0.3 is 0 Å². The fourth-order valence-corrected chi connectivity index (χ4v) is 1.67. The molecular formula is C14H13NO. The molecule has 0 bridgehead atoms. The number of benzene rings is 2. The molecule has 0 heterocycles. The van der Waals surface area contributed by atoms with E-state index in [9.17, 15) is 0 Å². The second kappa shape index (κ2) is 4.62. The Labute approximate surface area is 94.9 Å². The van der Waals surface area contributed by atoms with E-state index in [2.05, 4.69) is 36.3 Å². The van der Waals surface area contributed by atoms with Gasteiger partial charge in [0, 0.05) is 5.56 Å². The van der Waals surface area contributed by atoms with Gasteiger partial charge in [0.25, 0.3) is 0 Å². The highest BCUT2D eigenvalue weighted by molar-refractivity contribution is 5.90. The van der Waals surface area contributed by atoms with E-state index < -0.39 is 0 Å². The van der Waals surface area contributed by atoms with Gasteiger partial charge in [0.1, 0.15) is 0 Å². The Kier molecular flexibility index (Phi) is 3.01. The van der Waals surface area contributed by atoms with Crippen LogP contribution in [0.3, 0.4) is 0 Å². The maximum Gasteiger partial charge on any atom is 0.0740 e. The second-order valence-corrected chi connectivity index (χ2v) is 3.70. The second-order valence-electron chi connectivity index (χ2n) is 3.70. The molecule has 0 saturated carbocycles. The molecule has 1 N–H and O–H groups in total. The fourth-order valence-electron chi connectivity index (χ4n) is 1.67. The molecule has 2 heteroatoms. The van der Waals surface area contributed by atoms with Crippen molar-refractivity contribution < 1.29 is 5.21 Å². The average molecular weight is 211 g/mol. The van der Waals surface area contributed by atoms with Crippen molar-refractivity contribution in [3.8, 4) is 11.1 Å². The molecule has 0 saturated heterocycles. The quantitative estimate of drug-likeness (QED) is 0.460. The van der Waals surface area contributed by atoms with Crippen molar-refractivity contribution in [2.75, 3.05) is 0 Å². The summed E-state index contributed by atoms with van der Waals surface area (Å²) >= 11 is 0. The average Bonchev–Trinajstić information content (AvgIpc) is 2.32. The van der Waals surface area contributed by atoms with Crippen molar-refractivity contribution in [1.29, 1.82) is 0 Å². The van der Waals surface area contributed by atoms with Crippen LogP contribution in [0.5, 0.6) is 0 Å². The Morgan fingerprint density at radius 1 is 1.00 bits per heavy atom. The zero-order chi connectivity index (χ0) is 11.4. The molecule has 0 aromatic heterocycles. The molecule has 0 aliphatic heterocycles. The van der Waals surface area contributed by atoms with Crippen molar-refractivity contribution >= 4 is 6.21 Å². The van der Waals surface area contributed by atoms with E-state index >= 15 is 0 Å². The van der Waals surface area contributed by atoms with Gasteiger partial charge in [0.15, 0.2) is 0 Å². The monoisotopic (exact) mass is 211 g/mol. The van der Waals surface area contributed by atoms with Crippen LogP contribution >= 0.6 is 0 Å². The lowest BCUT2D eigenvalue weighted by Gasteiger charge is -2.05. The molecule has 0 unspecified atom stereocenters. The van der Waals surface area contributed by atoms with Gasteiger partial charge in [-0.1, -0.05) is 59.3 Å². The van der Waals surface area contributed by atoms with Gasteiger partial charge < -0.3 is 5.21 Å². The summed E-state index contributed by atoms with van der Waals surface area (Å²) in [7, 11) is 0. The first kappa shape index (κ1) is 10.4. The van der Waals surface area contributed by atoms with Crippen LogP contribution in [-0.2, 0) is 0 Å². The van der Waals surface area contributed by atoms with Crippen LogP contribution in [0.4, 0.5) is 0 Å². The maximum atomic E-state index is 8.60. The number of oxime groups is 1. The minimum absolute atomic E-state index is 0.911. The van der Waals surface area contributed by atoms with E-state index in [1.165, 1.54) is 11.8 Å². The molecule has 16 heavy (non-hydrogen) atoms. The number of rotatable bonds is 2. The summed E-state index contributed by atoms with van der Waals surface area (Å²) in [6.45, 7) is 2.06. The summed E-state index contributed by atoms with van der Waals surface area (Å²) in [5.74, 6) is 0. The first-order chi connectivity index (χ1) is 7.81. The van der Waals surface area contributed by atoms with E-state index in [0.29, 0.717) is 0 Å². The Hall–Kier alpha value is -2.09. The molecule has 80 valence electrons. The molecule has 0 atom stereocenters. The molecule has 0 spiro atoms. The molecule has 0 aliphatic carbocycles. The Balaban J connectivity index is 2.51. The van der Waals surface area contributed by atoms with Crippen molar-refractivity contribution in [3.05, 3.63) is 59.7 Å². The topological polar surface area (TPSA) is 32.6 Å². The van der Waals surface area contributed by atoms with Crippen LogP contribution in [0, 0.1) is 6.92 Å². The van der Waals surface area contributed by atoms with E-state index in [0.717, 1.165) is 16.7 Å². The molecule has 0 fully saturated rings. The lowest BCUT2D eigenvalue weighted by atomic mass is 9.99. The standard InChI is InChI=1S/C14H13NO/c1-11-6-8-12(9-7-11)14-5-3-2-4-13(14)10-15-16/h2-10,16H,1H3/b15-10+. The van der Waals surface area contributed by atoms with Gasteiger partial charge in [-0.3, -0.25) is 0 Å². The maximum absolute atomic E-state index is 8.60. The van der Waals surface area contributed by atoms with Gasteiger partial charge in [0.05, 0.1) is 6.21 Å². The van der Waals surface area contributed by atoms with Gasteiger partial charge in [0.2, 0.25) is 0 Å². The molecule has 2 rings (SSSR count). The highest BCUT2D eigenvalue weighted by Crippen LogP contribution is 2.22. The third kappa shape index (κ3) is 2.11. The summed E-state index contributed by atoms with van der Waals surface area (Å²) in [6.07, 6.45) is 1.45. The largest absolute Gasteiger partial charge is 0.411 e. The highest BCUT2D eigenvalue weighted by Gasteiger charge is 2.01.